The summed E-state index contributed by atoms with van der Waals surface area (Å²) in [6.07, 6.45) is 1.59. The van der Waals surface area contributed by atoms with Crippen molar-refractivity contribution in [2.24, 2.45) is 14.1 Å². The van der Waals surface area contributed by atoms with E-state index in [1.807, 2.05) is 36.4 Å². The number of aromatic nitrogens is 5. The predicted molar refractivity (Wildman–Crippen MR) is 147 cm³/mol. The van der Waals surface area contributed by atoms with Crippen LogP contribution in [0.15, 0.2) is 71.7 Å². The quantitative estimate of drug-likeness (QED) is 0.296. The van der Waals surface area contributed by atoms with Gasteiger partial charge in [-0.2, -0.15) is 5.10 Å². The zero-order valence-electron chi connectivity index (χ0n) is 22.6. The number of pyridine rings is 1. The van der Waals surface area contributed by atoms with Crippen LogP contribution in [0.3, 0.4) is 0 Å². The smallest absolute Gasteiger partial charge is 0.329 e. The summed E-state index contributed by atoms with van der Waals surface area (Å²) in [6, 6.07) is 17.7. The molecule has 200 valence electrons. The SMILES string of the molecule is Cn1c(=O)n(C)c2c(Oc3ccc(CC(=O)Cc4cc(C(C)(C)C)nn4-c4ccccc4)c(F)c3)ccnc21. The minimum absolute atomic E-state index is 0.0658. The van der Waals surface area contributed by atoms with Crippen LogP contribution >= 0.6 is 0 Å². The van der Waals surface area contributed by atoms with E-state index in [9.17, 15) is 9.59 Å². The molecule has 0 aliphatic rings. The zero-order chi connectivity index (χ0) is 27.9. The van der Waals surface area contributed by atoms with Gasteiger partial charge in [0.15, 0.2) is 11.4 Å². The van der Waals surface area contributed by atoms with Gasteiger partial charge in [-0.15, -0.1) is 0 Å². The highest BCUT2D eigenvalue weighted by molar-refractivity contribution is 5.83. The Hall–Kier alpha value is -4.53. The fraction of sp³-hybridized carbons (Fsp3) is 0.267. The van der Waals surface area contributed by atoms with Crippen molar-refractivity contribution >= 4 is 16.9 Å². The Morgan fingerprint density at radius 3 is 2.41 bits per heavy atom. The van der Waals surface area contributed by atoms with Gasteiger partial charge in [-0.3, -0.25) is 13.9 Å². The van der Waals surface area contributed by atoms with Gasteiger partial charge < -0.3 is 4.74 Å². The molecule has 0 fully saturated rings. The van der Waals surface area contributed by atoms with Gasteiger partial charge in [0, 0.05) is 50.7 Å². The molecule has 3 heterocycles. The molecule has 0 aliphatic carbocycles. The van der Waals surface area contributed by atoms with E-state index in [-0.39, 0.29) is 41.0 Å². The van der Waals surface area contributed by atoms with Crippen molar-refractivity contribution in [1.82, 2.24) is 23.9 Å². The van der Waals surface area contributed by atoms with Gasteiger partial charge in [-0.1, -0.05) is 45.0 Å². The van der Waals surface area contributed by atoms with Crippen LogP contribution in [0.4, 0.5) is 4.39 Å². The number of hydrogen-bond acceptors (Lipinski definition) is 5. The molecule has 0 radical (unpaired) electrons. The number of benzene rings is 2. The first kappa shape index (κ1) is 26.1. The first-order valence-corrected chi connectivity index (χ1v) is 12.7. The number of carbonyl (C=O) groups excluding carboxylic acids is 1. The Labute approximate surface area is 225 Å². The van der Waals surface area contributed by atoms with E-state index in [2.05, 4.69) is 25.8 Å². The number of nitrogens with zero attached hydrogens (tertiary/aromatic N) is 5. The molecule has 2 aromatic carbocycles. The molecule has 39 heavy (non-hydrogen) atoms. The number of rotatable bonds is 7. The van der Waals surface area contributed by atoms with Gasteiger partial charge in [-0.25, -0.2) is 18.9 Å². The molecule has 0 atom stereocenters. The van der Waals surface area contributed by atoms with Gasteiger partial charge in [0.25, 0.3) is 0 Å². The third kappa shape index (κ3) is 5.12. The summed E-state index contributed by atoms with van der Waals surface area (Å²) in [5.74, 6) is -0.0352. The maximum Gasteiger partial charge on any atom is 0.329 e. The van der Waals surface area contributed by atoms with Crippen molar-refractivity contribution in [3.63, 3.8) is 0 Å². The molecule has 3 aromatic heterocycles. The first-order valence-electron chi connectivity index (χ1n) is 12.7. The van der Waals surface area contributed by atoms with Gasteiger partial charge >= 0.3 is 5.69 Å². The average molecular weight is 528 g/mol. The van der Waals surface area contributed by atoms with E-state index in [0.717, 1.165) is 17.1 Å². The van der Waals surface area contributed by atoms with Crippen molar-refractivity contribution in [3.05, 3.63) is 100 Å². The number of Topliss-reactive ketones (excluding diaryl/α,β-unsaturated/α-hetero) is 1. The zero-order valence-corrected chi connectivity index (χ0v) is 22.6. The number of halogens is 1. The second-order valence-electron chi connectivity index (χ2n) is 10.6. The van der Waals surface area contributed by atoms with Crippen LogP contribution in [-0.4, -0.2) is 29.7 Å². The van der Waals surface area contributed by atoms with Crippen LogP contribution in [0.5, 0.6) is 11.5 Å². The maximum atomic E-state index is 15.1. The molecule has 8 nitrogen and oxygen atoms in total. The molecule has 9 heteroatoms. The van der Waals surface area contributed by atoms with Crippen LogP contribution < -0.4 is 10.4 Å². The van der Waals surface area contributed by atoms with Crippen molar-refractivity contribution in [2.45, 2.75) is 39.0 Å². The number of ketones is 1. The Bertz CT molecular complexity index is 1740. The standard InChI is InChI=1S/C30H30FN5O3/c1-30(2,3)26-17-21(36(33-26)20-9-7-6-8-10-20)16-22(37)15-19-11-12-23(18-24(19)31)39-25-13-14-32-28-27(25)34(4)29(38)35(28)5/h6-14,17-18H,15-16H2,1-5H3. The molecule has 0 saturated heterocycles. The van der Waals surface area contributed by atoms with Crippen LogP contribution in [0.2, 0.25) is 0 Å². The van der Waals surface area contributed by atoms with E-state index in [0.29, 0.717) is 16.9 Å². The number of carbonyl (C=O) groups is 1. The summed E-state index contributed by atoms with van der Waals surface area (Å²) in [4.78, 5) is 29.6. The maximum absolute atomic E-state index is 15.1. The summed E-state index contributed by atoms with van der Waals surface area (Å²) in [6.45, 7) is 6.22. The van der Waals surface area contributed by atoms with Crippen molar-refractivity contribution in [3.8, 4) is 17.2 Å². The van der Waals surface area contributed by atoms with Crippen LogP contribution in [0, 0.1) is 5.82 Å². The molecule has 0 bridgehead atoms. The number of aryl methyl sites for hydroxylation is 2. The molecule has 0 N–H and O–H groups in total. The lowest BCUT2D eigenvalue weighted by Crippen LogP contribution is -2.19. The van der Waals surface area contributed by atoms with E-state index in [1.54, 1.807) is 37.0 Å². The molecular weight excluding hydrogens is 497 g/mol. The number of para-hydroxylation sites is 1. The van der Waals surface area contributed by atoms with Crippen LogP contribution in [0.1, 0.15) is 37.7 Å². The lowest BCUT2D eigenvalue weighted by atomic mass is 9.92. The summed E-state index contributed by atoms with van der Waals surface area (Å²) < 4.78 is 25.7. The van der Waals surface area contributed by atoms with E-state index in [1.165, 1.54) is 21.4 Å². The summed E-state index contributed by atoms with van der Waals surface area (Å²) in [7, 11) is 3.26. The molecule has 5 aromatic rings. The minimum Gasteiger partial charge on any atom is -0.455 e. The molecule has 0 amide bonds. The minimum atomic E-state index is -0.542. The largest absolute Gasteiger partial charge is 0.455 e. The van der Waals surface area contributed by atoms with E-state index < -0.39 is 5.82 Å². The average Bonchev–Trinajstić information content (AvgIpc) is 3.42. The molecule has 0 aliphatic heterocycles. The normalized spacial score (nSPS) is 11.7. The first-order chi connectivity index (χ1) is 18.5. The fourth-order valence-electron chi connectivity index (χ4n) is 4.52. The number of imidazole rings is 1. The second-order valence-corrected chi connectivity index (χ2v) is 10.6. The highest BCUT2D eigenvalue weighted by Gasteiger charge is 2.22. The molecule has 0 spiro atoms. The Morgan fingerprint density at radius 2 is 1.72 bits per heavy atom. The topological polar surface area (TPSA) is 83.9 Å². The van der Waals surface area contributed by atoms with Gasteiger partial charge in [0.05, 0.1) is 17.1 Å². The van der Waals surface area contributed by atoms with Crippen molar-refractivity contribution < 1.29 is 13.9 Å². The third-order valence-electron chi connectivity index (χ3n) is 6.67. The molecular formula is C30H30FN5O3. The molecule has 0 unspecified atom stereocenters. The van der Waals surface area contributed by atoms with E-state index >= 15 is 4.39 Å². The Balaban J connectivity index is 1.36. The lowest BCUT2D eigenvalue weighted by Gasteiger charge is -2.14. The highest BCUT2D eigenvalue weighted by Crippen LogP contribution is 2.29. The second kappa shape index (κ2) is 9.98. The number of hydrogen-bond donors (Lipinski definition) is 0. The van der Waals surface area contributed by atoms with Gasteiger partial charge in [0.2, 0.25) is 0 Å². The van der Waals surface area contributed by atoms with Crippen molar-refractivity contribution in [2.75, 3.05) is 0 Å². The lowest BCUT2D eigenvalue weighted by molar-refractivity contribution is -0.117. The molecule has 5 rings (SSSR count). The van der Waals surface area contributed by atoms with Crippen LogP contribution in [0.25, 0.3) is 16.9 Å². The number of ether oxygens (including phenoxy) is 1. The summed E-state index contributed by atoms with van der Waals surface area (Å²) >= 11 is 0. The summed E-state index contributed by atoms with van der Waals surface area (Å²) in [5.41, 5.74) is 3.32. The number of fused-ring (bicyclic) bond motifs is 1. The van der Waals surface area contributed by atoms with Crippen molar-refractivity contribution in [1.29, 1.82) is 0 Å². The van der Waals surface area contributed by atoms with Crippen LogP contribution in [-0.2, 0) is 37.1 Å². The van der Waals surface area contributed by atoms with Gasteiger partial charge in [0.1, 0.15) is 22.9 Å². The van der Waals surface area contributed by atoms with Gasteiger partial charge in [-0.05, 0) is 29.8 Å². The Kier molecular flexibility index (Phi) is 6.68. The predicted octanol–water partition coefficient (Wildman–Crippen LogP) is 5.04. The Morgan fingerprint density at radius 1 is 0.974 bits per heavy atom. The van der Waals surface area contributed by atoms with E-state index in [4.69, 9.17) is 9.84 Å². The monoisotopic (exact) mass is 527 g/mol. The third-order valence-corrected chi connectivity index (χ3v) is 6.67. The molecule has 0 saturated carbocycles. The fourth-order valence-corrected chi connectivity index (χ4v) is 4.52. The summed E-state index contributed by atoms with van der Waals surface area (Å²) in [5, 5.41) is 4.76. The highest BCUT2D eigenvalue weighted by atomic mass is 19.1.